The molecule has 6 heteroatoms. The van der Waals surface area contributed by atoms with Crippen molar-refractivity contribution in [1.82, 2.24) is 9.97 Å². The fourth-order valence-corrected chi connectivity index (χ4v) is 2.96. The smallest absolute Gasteiger partial charge is 0.291 e. The molecule has 0 bridgehead atoms. The first kappa shape index (κ1) is 15.8. The lowest BCUT2D eigenvalue weighted by atomic mass is 10.2. The zero-order valence-corrected chi connectivity index (χ0v) is 14.7. The van der Waals surface area contributed by atoms with Crippen molar-refractivity contribution in [3.8, 4) is 0 Å². The molecule has 1 aromatic carbocycles. The minimum atomic E-state index is -0.265. The highest BCUT2D eigenvalue weighted by Gasteiger charge is 2.15. The normalized spacial score (nSPS) is 11.1. The van der Waals surface area contributed by atoms with Gasteiger partial charge in [0.1, 0.15) is 5.82 Å². The van der Waals surface area contributed by atoms with Crippen molar-refractivity contribution in [2.75, 3.05) is 5.32 Å². The van der Waals surface area contributed by atoms with Crippen molar-refractivity contribution in [3.63, 3.8) is 0 Å². The van der Waals surface area contributed by atoms with E-state index in [0.29, 0.717) is 16.1 Å². The number of carbonyl (C=O) groups excluding carboxylic acids is 1. The van der Waals surface area contributed by atoms with Crippen LogP contribution in [0.5, 0.6) is 0 Å². The average Bonchev–Trinajstić information content (AvgIpc) is 3.07. The van der Waals surface area contributed by atoms with E-state index in [-0.39, 0.29) is 5.91 Å². The van der Waals surface area contributed by atoms with E-state index in [2.05, 4.69) is 38.1 Å². The molecule has 3 rings (SSSR count). The maximum atomic E-state index is 12.3. The highest BCUT2D eigenvalue weighted by molar-refractivity contribution is 9.10. The number of nitrogens with one attached hydrogen (secondary N) is 2. The number of rotatable bonds is 5. The van der Waals surface area contributed by atoms with Gasteiger partial charge in [0.05, 0.1) is 11.0 Å². The minimum Gasteiger partial charge on any atom is -0.444 e. The van der Waals surface area contributed by atoms with Crippen molar-refractivity contribution in [3.05, 3.63) is 46.1 Å². The number of furan rings is 1. The number of aryl methyl sites for hydroxylation is 2. The molecule has 0 aliphatic heterocycles. The minimum absolute atomic E-state index is 0.265. The van der Waals surface area contributed by atoms with E-state index >= 15 is 0 Å². The molecule has 0 unspecified atom stereocenters. The number of hydrogen-bond acceptors (Lipinski definition) is 3. The summed E-state index contributed by atoms with van der Waals surface area (Å²) in [5.74, 6) is 1.03. The monoisotopic (exact) mass is 375 g/mol. The van der Waals surface area contributed by atoms with Crippen LogP contribution in [0.4, 0.5) is 5.69 Å². The Kier molecular flexibility index (Phi) is 4.52. The van der Waals surface area contributed by atoms with Crippen LogP contribution in [0.25, 0.3) is 11.0 Å². The number of anilines is 1. The van der Waals surface area contributed by atoms with Crippen LogP contribution in [0.2, 0.25) is 0 Å². The van der Waals surface area contributed by atoms with Gasteiger partial charge in [0.15, 0.2) is 10.4 Å². The molecule has 0 aliphatic carbocycles. The SMILES string of the molecule is CCCCc1nc2ccc(NC(=O)c3oc(Br)cc3C)cc2[nH]1. The topological polar surface area (TPSA) is 70.9 Å². The van der Waals surface area contributed by atoms with Gasteiger partial charge in [0, 0.05) is 17.7 Å². The number of nitrogens with zero attached hydrogens (tertiary/aromatic N) is 1. The lowest BCUT2D eigenvalue weighted by Gasteiger charge is -2.03. The lowest BCUT2D eigenvalue weighted by molar-refractivity contribution is 0.0994. The number of hydrogen-bond donors (Lipinski definition) is 2. The molecular weight excluding hydrogens is 358 g/mol. The molecule has 1 amide bonds. The predicted octanol–water partition coefficient (Wildman–Crippen LogP) is 4.82. The van der Waals surface area contributed by atoms with E-state index in [9.17, 15) is 4.79 Å². The zero-order valence-electron chi connectivity index (χ0n) is 13.1. The molecule has 2 heterocycles. The number of benzene rings is 1. The summed E-state index contributed by atoms with van der Waals surface area (Å²) in [6, 6.07) is 7.41. The number of halogens is 1. The van der Waals surface area contributed by atoms with E-state index in [4.69, 9.17) is 4.42 Å². The summed E-state index contributed by atoms with van der Waals surface area (Å²) in [6.07, 6.45) is 3.18. The molecule has 5 nitrogen and oxygen atoms in total. The highest BCUT2D eigenvalue weighted by Crippen LogP contribution is 2.22. The van der Waals surface area contributed by atoms with Crippen LogP contribution in [0.3, 0.4) is 0 Å². The molecule has 2 N–H and O–H groups in total. The average molecular weight is 376 g/mol. The van der Waals surface area contributed by atoms with E-state index in [1.165, 1.54) is 0 Å². The van der Waals surface area contributed by atoms with Gasteiger partial charge in [-0.15, -0.1) is 0 Å². The fraction of sp³-hybridized carbons (Fsp3) is 0.294. The number of imidazole rings is 1. The van der Waals surface area contributed by atoms with Gasteiger partial charge < -0.3 is 14.7 Å². The van der Waals surface area contributed by atoms with Crippen LogP contribution < -0.4 is 5.32 Å². The van der Waals surface area contributed by atoms with Crippen LogP contribution in [0, 0.1) is 6.92 Å². The molecule has 0 saturated heterocycles. The van der Waals surface area contributed by atoms with Crippen molar-refractivity contribution in [2.24, 2.45) is 0 Å². The molecule has 0 fully saturated rings. The van der Waals surface area contributed by atoms with E-state index in [1.807, 2.05) is 25.1 Å². The number of H-pyrrole nitrogens is 1. The summed E-state index contributed by atoms with van der Waals surface area (Å²) in [6.45, 7) is 3.99. The summed E-state index contributed by atoms with van der Waals surface area (Å²) < 4.78 is 5.91. The lowest BCUT2D eigenvalue weighted by Crippen LogP contribution is -2.11. The number of unbranched alkanes of at least 4 members (excludes halogenated alkanes) is 1. The van der Waals surface area contributed by atoms with E-state index in [0.717, 1.165) is 41.7 Å². The highest BCUT2D eigenvalue weighted by atomic mass is 79.9. The fourth-order valence-electron chi connectivity index (χ4n) is 2.46. The second-order valence-electron chi connectivity index (χ2n) is 5.54. The number of fused-ring (bicyclic) bond motifs is 1. The Morgan fingerprint density at radius 1 is 1.39 bits per heavy atom. The third-order valence-electron chi connectivity index (χ3n) is 3.65. The second-order valence-corrected chi connectivity index (χ2v) is 6.32. The van der Waals surface area contributed by atoms with Crippen molar-refractivity contribution in [2.45, 2.75) is 33.1 Å². The second kappa shape index (κ2) is 6.58. The first-order valence-electron chi connectivity index (χ1n) is 7.62. The van der Waals surface area contributed by atoms with Crippen molar-refractivity contribution >= 4 is 38.6 Å². The Balaban J connectivity index is 1.80. The molecule has 0 spiro atoms. The number of carbonyl (C=O) groups is 1. The van der Waals surface area contributed by atoms with Gasteiger partial charge in [-0.2, -0.15) is 0 Å². The Morgan fingerprint density at radius 2 is 2.22 bits per heavy atom. The molecule has 0 aliphatic rings. The van der Waals surface area contributed by atoms with Gasteiger partial charge in [-0.05, 0) is 53.5 Å². The van der Waals surface area contributed by atoms with Crippen LogP contribution in [-0.4, -0.2) is 15.9 Å². The summed E-state index contributed by atoms with van der Waals surface area (Å²) in [7, 11) is 0. The van der Waals surface area contributed by atoms with Crippen molar-refractivity contribution in [1.29, 1.82) is 0 Å². The molecule has 23 heavy (non-hydrogen) atoms. The standard InChI is InChI=1S/C17H18BrN3O2/c1-3-4-5-15-20-12-7-6-11(9-13(12)21-15)19-17(22)16-10(2)8-14(18)23-16/h6-9H,3-5H2,1-2H3,(H,19,22)(H,20,21). The van der Waals surface area contributed by atoms with Crippen LogP contribution >= 0.6 is 15.9 Å². The Bertz CT molecular complexity index is 851. The quantitative estimate of drug-likeness (QED) is 0.671. The number of amides is 1. The molecule has 0 radical (unpaired) electrons. The van der Waals surface area contributed by atoms with Gasteiger partial charge in [-0.3, -0.25) is 4.79 Å². The number of aromatic nitrogens is 2. The summed E-state index contributed by atoms with van der Waals surface area (Å²) >= 11 is 3.23. The summed E-state index contributed by atoms with van der Waals surface area (Å²) in [5, 5.41) is 2.86. The Morgan fingerprint density at radius 3 is 2.91 bits per heavy atom. The molecule has 120 valence electrons. The Hall–Kier alpha value is -2.08. The third kappa shape index (κ3) is 3.47. The van der Waals surface area contributed by atoms with Gasteiger partial charge in [0.25, 0.3) is 5.91 Å². The van der Waals surface area contributed by atoms with Crippen LogP contribution in [0.1, 0.15) is 41.7 Å². The molecule has 0 atom stereocenters. The third-order valence-corrected chi connectivity index (χ3v) is 4.04. The summed E-state index contributed by atoms with van der Waals surface area (Å²) in [4.78, 5) is 20.1. The van der Waals surface area contributed by atoms with Gasteiger partial charge in [-0.25, -0.2) is 4.98 Å². The molecule has 0 saturated carbocycles. The van der Waals surface area contributed by atoms with E-state index in [1.54, 1.807) is 6.07 Å². The largest absolute Gasteiger partial charge is 0.444 e. The van der Waals surface area contributed by atoms with Crippen molar-refractivity contribution < 1.29 is 9.21 Å². The first-order chi connectivity index (χ1) is 11.1. The number of aromatic amines is 1. The van der Waals surface area contributed by atoms with Gasteiger partial charge in [0.2, 0.25) is 0 Å². The Labute approximate surface area is 142 Å². The summed E-state index contributed by atoms with van der Waals surface area (Å²) in [5.41, 5.74) is 3.33. The maximum absolute atomic E-state index is 12.3. The van der Waals surface area contributed by atoms with Gasteiger partial charge in [-0.1, -0.05) is 13.3 Å². The van der Waals surface area contributed by atoms with Crippen LogP contribution in [-0.2, 0) is 6.42 Å². The van der Waals surface area contributed by atoms with Crippen LogP contribution in [0.15, 0.2) is 33.4 Å². The molecule has 3 aromatic rings. The first-order valence-corrected chi connectivity index (χ1v) is 8.42. The van der Waals surface area contributed by atoms with E-state index < -0.39 is 0 Å². The predicted molar refractivity (Wildman–Crippen MR) is 93.8 cm³/mol. The zero-order chi connectivity index (χ0) is 16.4. The molecular formula is C17H18BrN3O2. The molecule has 2 aromatic heterocycles. The van der Waals surface area contributed by atoms with Gasteiger partial charge >= 0.3 is 0 Å². The maximum Gasteiger partial charge on any atom is 0.291 e.